The normalized spacial score (nSPS) is 37.2. The Morgan fingerprint density at radius 3 is 2.31 bits per heavy atom. The van der Waals surface area contributed by atoms with Crippen LogP contribution in [0.25, 0.3) is 0 Å². The quantitative estimate of drug-likeness (QED) is 0.511. The number of fused-ring (bicyclic) bond motifs is 5. The van der Waals surface area contributed by atoms with E-state index in [1.807, 2.05) is 33.8 Å². The van der Waals surface area contributed by atoms with Crippen LogP contribution in [0, 0.1) is 30.1 Å². The van der Waals surface area contributed by atoms with Gasteiger partial charge in [-0.1, -0.05) is 61.3 Å². The minimum Gasteiger partial charge on any atom is -0.508 e. The molecule has 3 aliphatic rings. The summed E-state index contributed by atoms with van der Waals surface area (Å²) in [6.07, 6.45) is 8.14. The maximum absolute atomic E-state index is 10.0. The van der Waals surface area contributed by atoms with Crippen molar-refractivity contribution in [3.8, 4) is 5.75 Å². The van der Waals surface area contributed by atoms with E-state index < -0.39 is 0 Å². The molecule has 1 N–H and O–H groups in total. The first-order valence-electron chi connectivity index (χ1n) is 11.2. The maximum Gasteiger partial charge on any atom is 0.116 e. The molecule has 26 heavy (non-hydrogen) atoms. The van der Waals surface area contributed by atoms with E-state index in [9.17, 15) is 5.11 Å². The third kappa shape index (κ3) is 3.10. The van der Waals surface area contributed by atoms with Gasteiger partial charge in [-0.05, 0) is 90.0 Å². The summed E-state index contributed by atoms with van der Waals surface area (Å²) < 4.78 is 0. The summed E-state index contributed by atoms with van der Waals surface area (Å²) in [4.78, 5) is 0. The van der Waals surface area contributed by atoms with Gasteiger partial charge < -0.3 is 5.11 Å². The molecule has 148 valence electrons. The van der Waals surface area contributed by atoms with E-state index >= 15 is 0 Å². The topological polar surface area (TPSA) is 20.2 Å². The van der Waals surface area contributed by atoms with Gasteiger partial charge in [-0.3, -0.25) is 0 Å². The zero-order valence-corrected chi connectivity index (χ0v) is 18.6. The van der Waals surface area contributed by atoms with Crippen molar-refractivity contribution in [1.82, 2.24) is 0 Å². The lowest BCUT2D eigenvalue weighted by atomic mass is 9.46. The van der Waals surface area contributed by atoms with Crippen molar-refractivity contribution in [2.75, 3.05) is 0 Å². The number of aromatic hydroxyl groups is 1. The Hall–Kier alpha value is -0.980. The van der Waals surface area contributed by atoms with Gasteiger partial charge in [0.25, 0.3) is 0 Å². The Kier molecular flexibility index (Phi) is 6.52. The SMILES string of the molecule is CC.CC.Cc1cc(O)cc2c1C1(C)CCC3C(C)CCCC3(C)C1C2. The van der Waals surface area contributed by atoms with Crippen LogP contribution >= 0.6 is 0 Å². The predicted octanol–water partition coefficient (Wildman–Crippen LogP) is 7.42. The third-order valence-electron chi connectivity index (χ3n) is 7.85. The lowest BCUT2D eigenvalue weighted by Crippen LogP contribution is -2.52. The summed E-state index contributed by atoms with van der Waals surface area (Å²) in [7, 11) is 0. The standard InChI is InChI=1S/C21H30O.2C2H6/c1-13-6-5-8-20(3)17(13)7-9-21(4)18(20)12-15-11-16(22)10-14(2)19(15)21;2*1-2/h10-11,13,17-18,22H,5-9,12H2,1-4H3;2*1-2H3. The highest BCUT2D eigenvalue weighted by Crippen LogP contribution is 2.65. The van der Waals surface area contributed by atoms with Crippen LogP contribution in [0.5, 0.6) is 5.75 Å². The first-order chi connectivity index (χ1) is 12.4. The molecule has 5 atom stereocenters. The van der Waals surface area contributed by atoms with Crippen LogP contribution in [0.4, 0.5) is 0 Å². The molecular formula is C25H42O. The van der Waals surface area contributed by atoms with E-state index in [4.69, 9.17) is 0 Å². The third-order valence-corrected chi connectivity index (χ3v) is 7.85. The van der Waals surface area contributed by atoms with Crippen LogP contribution < -0.4 is 0 Å². The summed E-state index contributed by atoms with van der Waals surface area (Å²) in [5.74, 6) is 3.01. The van der Waals surface area contributed by atoms with Gasteiger partial charge in [0.05, 0.1) is 0 Å². The van der Waals surface area contributed by atoms with E-state index in [0.29, 0.717) is 16.6 Å². The summed E-state index contributed by atoms with van der Waals surface area (Å²) in [5, 5.41) is 10.0. The second-order valence-corrected chi connectivity index (χ2v) is 8.99. The molecule has 2 fully saturated rings. The van der Waals surface area contributed by atoms with Gasteiger partial charge in [-0.15, -0.1) is 0 Å². The maximum atomic E-state index is 10.0. The van der Waals surface area contributed by atoms with Crippen molar-refractivity contribution < 1.29 is 5.11 Å². The number of aryl methyl sites for hydroxylation is 1. The Morgan fingerprint density at radius 1 is 1.00 bits per heavy atom. The van der Waals surface area contributed by atoms with E-state index in [2.05, 4.69) is 33.8 Å². The van der Waals surface area contributed by atoms with Gasteiger partial charge in [0, 0.05) is 0 Å². The van der Waals surface area contributed by atoms with Crippen molar-refractivity contribution >= 4 is 0 Å². The lowest BCUT2D eigenvalue weighted by molar-refractivity contribution is -0.0627. The van der Waals surface area contributed by atoms with E-state index in [-0.39, 0.29) is 0 Å². The summed E-state index contributed by atoms with van der Waals surface area (Å²) in [6.45, 7) is 17.8. The fourth-order valence-corrected chi connectivity index (χ4v) is 7.04. The van der Waals surface area contributed by atoms with Gasteiger partial charge >= 0.3 is 0 Å². The smallest absolute Gasteiger partial charge is 0.116 e. The highest BCUT2D eigenvalue weighted by Gasteiger charge is 2.59. The monoisotopic (exact) mass is 358 g/mol. The fraction of sp³-hybridized carbons (Fsp3) is 0.760. The molecule has 5 unspecified atom stereocenters. The molecule has 0 aromatic heterocycles. The van der Waals surface area contributed by atoms with Gasteiger partial charge in [-0.2, -0.15) is 0 Å². The number of phenolic OH excluding ortho intramolecular Hbond substituents is 1. The molecule has 1 nitrogen and oxygen atoms in total. The first-order valence-corrected chi connectivity index (χ1v) is 11.2. The molecule has 0 aliphatic heterocycles. The molecule has 0 saturated heterocycles. The Bertz CT molecular complexity index is 619. The molecule has 0 heterocycles. The Morgan fingerprint density at radius 2 is 1.65 bits per heavy atom. The van der Waals surface area contributed by atoms with Crippen LogP contribution in [-0.4, -0.2) is 5.11 Å². The molecule has 3 aliphatic carbocycles. The number of benzene rings is 1. The molecule has 1 heteroatoms. The second-order valence-electron chi connectivity index (χ2n) is 8.99. The van der Waals surface area contributed by atoms with Crippen LogP contribution in [0.3, 0.4) is 0 Å². The molecule has 0 bridgehead atoms. The van der Waals surface area contributed by atoms with Gasteiger partial charge in [0.2, 0.25) is 0 Å². The average molecular weight is 359 g/mol. The minimum absolute atomic E-state index is 0.329. The number of phenols is 1. The Labute approximate surface area is 162 Å². The molecule has 0 spiro atoms. The van der Waals surface area contributed by atoms with E-state index in [1.54, 1.807) is 5.56 Å². The van der Waals surface area contributed by atoms with Gasteiger partial charge in [0.1, 0.15) is 5.75 Å². The molecule has 1 aromatic carbocycles. The highest BCUT2D eigenvalue weighted by molar-refractivity contribution is 5.50. The van der Waals surface area contributed by atoms with Crippen molar-refractivity contribution in [1.29, 1.82) is 0 Å². The second kappa shape index (κ2) is 7.95. The molecule has 2 saturated carbocycles. The molecule has 4 rings (SSSR count). The van der Waals surface area contributed by atoms with Gasteiger partial charge in [0.15, 0.2) is 0 Å². The van der Waals surface area contributed by atoms with Crippen LogP contribution in [0.2, 0.25) is 0 Å². The molecule has 1 aromatic rings. The Balaban J connectivity index is 0.000000570. The molecule has 0 amide bonds. The predicted molar refractivity (Wildman–Crippen MR) is 114 cm³/mol. The summed E-state index contributed by atoms with van der Waals surface area (Å²) >= 11 is 0. The van der Waals surface area contributed by atoms with Gasteiger partial charge in [-0.25, -0.2) is 0 Å². The first kappa shape index (κ1) is 21.3. The summed E-state index contributed by atoms with van der Waals surface area (Å²) in [5.41, 5.74) is 5.14. The minimum atomic E-state index is 0.329. The zero-order chi connectivity index (χ0) is 19.7. The number of rotatable bonds is 0. The van der Waals surface area contributed by atoms with Crippen LogP contribution in [0.15, 0.2) is 12.1 Å². The molecule has 0 radical (unpaired) electrons. The lowest BCUT2D eigenvalue weighted by Gasteiger charge is -2.58. The average Bonchev–Trinajstić information content (AvgIpc) is 2.92. The largest absolute Gasteiger partial charge is 0.508 e. The van der Waals surface area contributed by atoms with E-state index in [1.165, 1.54) is 49.7 Å². The van der Waals surface area contributed by atoms with Crippen molar-refractivity contribution in [2.45, 2.75) is 99.3 Å². The number of hydrogen-bond acceptors (Lipinski definition) is 1. The highest BCUT2D eigenvalue weighted by atomic mass is 16.3. The van der Waals surface area contributed by atoms with Crippen molar-refractivity contribution in [2.24, 2.45) is 23.2 Å². The number of hydrogen-bond donors (Lipinski definition) is 1. The van der Waals surface area contributed by atoms with Crippen molar-refractivity contribution in [3.63, 3.8) is 0 Å². The molecular weight excluding hydrogens is 316 g/mol. The van der Waals surface area contributed by atoms with Crippen LogP contribution in [0.1, 0.15) is 97.3 Å². The van der Waals surface area contributed by atoms with Crippen molar-refractivity contribution in [3.05, 3.63) is 28.8 Å². The van der Waals surface area contributed by atoms with E-state index in [0.717, 1.165) is 17.8 Å². The zero-order valence-electron chi connectivity index (χ0n) is 18.6. The fourth-order valence-electron chi connectivity index (χ4n) is 7.04. The summed E-state index contributed by atoms with van der Waals surface area (Å²) in [6, 6.07) is 4.03. The van der Waals surface area contributed by atoms with Crippen LogP contribution in [-0.2, 0) is 11.8 Å².